The number of amides is 1. The number of benzene rings is 1. The number of rotatable bonds is 6. The first kappa shape index (κ1) is 14.8. The highest BCUT2D eigenvalue weighted by molar-refractivity contribution is 6.32. The molecule has 0 bridgehead atoms. The molecule has 1 amide bonds. The molecule has 18 heavy (non-hydrogen) atoms. The van der Waals surface area contributed by atoms with Crippen molar-refractivity contribution in [2.75, 3.05) is 34.3 Å². The highest BCUT2D eigenvalue weighted by Crippen LogP contribution is 2.24. The molecule has 1 N–H and O–H groups in total. The molecule has 1 aromatic carbocycles. The van der Waals surface area contributed by atoms with Crippen LogP contribution >= 0.6 is 11.6 Å². The normalized spacial score (nSPS) is 10.5. The van der Waals surface area contributed by atoms with E-state index in [1.807, 2.05) is 14.1 Å². The summed E-state index contributed by atoms with van der Waals surface area (Å²) in [6, 6.07) is 5.00. The van der Waals surface area contributed by atoms with E-state index >= 15 is 0 Å². The second-order valence-corrected chi connectivity index (χ2v) is 4.67. The van der Waals surface area contributed by atoms with E-state index in [0.29, 0.717) is 22.9 Å². The van der Waals surface area contributed by atoms with Gasteiger partial charge in [-0.05, 0) is 45.3 Å². The van der Waals surface area contributed by atoms with E-state index in [4.69, 9.17) is 16.3 Å². The minimum atomic E-state index is -0.113. The fraction of sp³-hybridized carbons (Fsp3) is 0.462. The zero-order valence-electron chi connectivity index (χ0n) is 11.0. The molecule has 0 aliphatic rings. The maximum absolute atomic E-state index is 11.8. The molecule has 0 spiro atoms. The molecule has 0 heterocycles. The third-order valence-corrected chi connectivity index (χ3v) is 2.78. The van der Waals surface area contributed by atoms with Gasteiger partial charge in [0.1, 0.15) is 5.75 Å². The topological polar surface area (TPSA) is 41.6 Å². The van der Waals surface area contributed by atoms with Crippen molar-refractivity contribution < 1.29 is 9.53 Å². The first-order valence-corrected chi connectivity index (χ1v) is 6.19. The summed E-state index contributed by atoms with van der Waals surface area (Å²) in [5, 5.41) is 3.30. The zero-order chi connectivity index (χ0) is 13.5. The number of nitrogens with one attached hydrogen (secondary N) is 1. The molecular weight excluding hydrogens is 252 g/mol. The number of hydrogen-bond donors (Lipinski definition) is 1. The molecule has 0 saturated carbocycles. The Bertz CT molecular complexity index is 408. The first-order chi connectivity index (χ1) is 8.54. The summed E-state index contributed by atoms with van der Waals surface area (Å²) in [4.78, 5) is 13.9. The van der Waals surface area contributed by atoms with Crippen molar-refractivity contribution in [2.45, 2.75) is 6.42 Å². The minimum absolute atomic E-state index is 0.113. The van der Waals surface area contributed by atoms with Gasteiger partial charge in [-0.1, -0.05) is 11.6 Å². The van der Waals surface area contributed by atoms with Gasteiger partial charge in [-0.15, -0.1) is 0 Å². The van der Waals surface area contributed by atoms with Gasteiger partial charge in [0.25, 0.3) is 5.91 Å². The molecule has 0 radical (unpaired) electrons. The zero-order valence-corrected chi connectivity index (χ0v) is 11.8. The molecule has 0 saturated heterocycles. The van der Waals surface area contributed by atoms with E-state index in [2.05, 4.69) is 10.2 Å². The fourth-order valence-corrected chi connectivity index (χ4v) is 1.76. The highest BCUT2D eigenvalue weighted by Gasteiger charge is 2.08. The Labute approximate surface area is 113 Å². The van der Waals surface area contributed by atoms with Crippen molar-refractivity contribution >= 4 is 17.5 Å². The molecule has 0 unspecified atom stereocenters. The summed E-state index contributed by atoms with van der Waals surface area (Å²) >= 11 is 5.96. The molecular formula is C13H19ClN2O2. The molecule has 0 aliphatic carbocycles. The molecule has 5 heteroatoms. The Kier molecular flexibility index (Phi) is 5.95. The number of methoxy groups -OCH3 is 1. The van der Waals surface area contributed by atoms with Crippen LogP contribution in [0, 0.1) is 0 Å². The van der Waals surface area contributed by atoms with Gasteiger partial charge >= 0.3 is 0 Å². The predicted octanol–water partition coefficient (Wildman–Crippen LogP) is 2.03. The van der Waals surface area contributed by atoms with Crippen molar-refractivity contribution in [1.82, 2.24) is 10.2 Å². The Morgan fingerprint density at radius 3 is 2.72 bits per heavy atom. The second kappa shape index (κ2) is 7.24. The highest BCUT2D eigenvalue weighted by atomic mass is 35.5. The van der Waals surface area contributed by atoms with Crippen LogP contribution in [0.3, 0.4) is 0 Å². The van der Waals surface area contributed by atoms with Crippen molar-refractivity contribution in [3.05, 3.63) is 28.8 Å². The molecule has 100 valence electrons. The SMILES string of the molecule is COc1ccc(C(=O)NCCCN(C)C)cc1Cl. The fourth-order valence-electron chi connectivity index (χ4n) is 1.51. The van der Waals surface area contributed by atoms with Crippen LogP contribution < -0.4 is 10.1 Å². The Hall–Kier alpha value is -1.26. The molecule has 0 atom stereocenters. The number of ether oxygens (including phenoxy) is 1. The van der Waals surface area contributed by atoms with Crippen molar-refractivity contribution in [2.24, 2.45) is 0 Å². The third kappa shape index (κ3) is 4.55. The number of carbonyl (C=O) groups excluding carboxylic acids is 1. The van der Waals surface area contributed by atoms with Crippen molar-refractivity contribution in [3.8, 4) is 5.75 Å². The lowest BCUT2D eigenvalue weighted by Crippen LogP contribution is -2.27. The lowest BCUT2D eigenvalue weighted by molar-refractivity contribution is 0.0952. The van der Waals surface area contributed by atoms with E-state index in [1.54, 1.807) is 25.3 Å². The van der Waals surface area contributed by atoms with Gasteiger partial charge in [-0.25, -0.2) is 0 Å². The van der Waals surface area contributed by atoms with Gasteiger partial charge < -0.3 is 15.0 Å². The molecule has 0 fully saturated rings. The van der Waals surface area contributed by atoms with Crippen LogP contribution in [-0.2, 0) is 0 Å². The smallest absolute Gasteiger partial charge is 0.251 e. The van der Waals surface area contributed by atoms with Gasteiger partial charge in [0.2, 0.25) is 0 Å². The van der Waals surface area contributed by atoms with Crippen LogP contribution in [-0.4, -0.2) is 45.1 Å². The third-order valence-electron chi connectivity index (χ3n) is 2.48. The van der Waals surface area contributed by atoms with E-state index in [0.717, 1.165) is 13.0 Å². The van der Waals surface area contributed by atoms with Crippen LogP contribution in [0.2, 0.25) is 5.02 Å². The standard InChI is InChI=1S/C13H19ClN2O2/c1-16(2)8-4-7-15-13(17)10-5-6-12(18-3)11(14)9-10/h5-6,9H,4,7-8H2,1-3H3,(H,15,17). The summed E-state index contributed by atoms with van der Waals surface area (Å²) in [5.41, 5.74) is 0.547. The average Bonchev–Trinajstić information content (AvgIpc) is 2.34. The summed E-state index contributed by atoms with van der Waals surface area (Å²) in [5.74, 6) is 0.458. The van der Waals surface area contributed by atoms with Crippen LogP contribution in [0.1, 0.15) is 16.8 Å². The maximum Gasteiger partial charge on any atom is 0.251 e. The van der Waals surface area contributed by atoms with Crippen LogP contribution in [0.15, 0.2) is 18.2 Å². The Balaban J connectivity index is 2.49. The van der Waals surface area contributed by atoms with E-state index in [-0.39, 0.29) is 5.91 Å². The largest absolute Gasteiger partial charge is 0.495 e. The van der Waals surface area contributed by atoms with Crippen molar-refractivity contribution in [1.29, 1.82) is 0 Å². The van der Waals surface area contributed by atoms with E-state index < -0.39 is 0 Å². The van der Waals surface area contributed by atoms with Gasteiger partial charge in [0.15, 0.2) is 0 Å². The van der Waals surface area contributed by atoms with Crippen LogP contribution in [0.4, 0.5) is 0 Å². The summed E-state index contributed by atoms with van der Waals surface area (Å²) in [7, 11) is 5.55. The van der Waals surface area contributed by atoms with Gasteiger partial charge in [0, 0.05) is 12.1 Å². The molecule has 1 aromatic rings. The molecule has 1 rings (SSSR count). The number of halogens is 1. The van der Waals surface area contributed by atoms with Crippen molar-refractivity contribution in [3.63, 3.8) is 0 Å². The summed E-state index contributed by atoms with van der Waals surface area (Å²) < 4.78 is 5.04. The monoisotopic (exact) mass is 270 g/mol. The predicted molar refractivity (Wildman–Crippen MR) is 73.5 cm³/mol. The maximum atomic E-state index is 11.8. The molecule has 4 nitrogen and oxygen atoms in total. The Morgan fingerprint density at radius 2 is 2.17 bits per heavy atom. The first-order valence-electron chi connectivity index (χ1n) is 5.81. The summed E-state index contributed by atoms with van der Waals surface area (Å²) in [6.45, 7) is 1.60. The van der Waals surface area contributed by atoms with Gasteiger partial charge in [-0.3, -0.25) is 4.79 Å². The summed E-state index contributed by atoms with van der Waals surface area (Å²) in [6.07, 6.45) is 0.919. The van der Waals surface area contributed by atoms with Crippen LogP contribution in [0.25, 0.3) is 0 Å². The minimum Gasteiger partial charge on any atom is -0.495 e. The lowest BCUT2D eigenvalue weighted by Gasteiger charge is -2.10. The molecule has 0 aromatic heterocycles. The molecule has 0 aliphatic heterocycles. The number of hydrogen-bond acceptors (Lipinski definition) is 3. The quantitative estimate of drug-likeness (QED) is 0.805. The lowest BCUT2D eigenvalue weighted by atomic mass is 10.2. The Morgan fingerprint density at radius 1 is 1.44 bits per heavy atom. The second-order valence-electron chi connectivity index (χ2n) is 4.26. The number of carbonyl (C=O) groups is 1. The van der Waals surface area contributed by atoms with E-state index in [9.17, 15) is 4.79 Å². The van der Waals surface area contributed by atoms with Gasteiger partial charge in [0.05, 0.1) is 12.1 Å². The number of nitrogens with zero attached hydrogens (tertiary/aromatic N) is 1. The van der Waals surface area contributed by atoms with Gasteiger partial charge in [-0.2, -0.15) is 0 Å². The average molecular weight is 271 g/mol. The van der Waals surface area contributed by atoms with Crippen LogP contribution in [0.5, 0.6) is 5.75 Å². The van der Waals surface area contributed by atoms with E-state index in [1.165, 1.54) is 0 Å².